The number of nitrogens with one attached hydrogen (secondary N) is 1. The number of pyridine rings is 1. The molecule has 0 fully saturated rings. The van der Waals surface area contributed by atoms with Crippen molar-refractivity contribution in [2.45, 2.75) is 26.8 Å². The molecule has 3 rings (SSSR count). The van der Waals surface area contributed by atoms with Crippen molar-refractivity contribution in [1.29, 1.82) is 0 Å². The summed E-state index contributed by atoms with van der Waals surface area (Å²) in [6.45, 7) is 4.52. The number of fused-ring (bicyclic) bond motifs is 1. The average molecular weight is 294 g/mol. The lowest BCUT2D eigenvalue weighted by molar-refractivity contribution is -0.120. The van der Waals surface area contributed by atoms with Crippen molar-refractivity contribution in [1.82, 2.24) is 10.3 Å². The van der Waals surface area contributed by atoms with Crippen molar-refractivity contribution in [3.63, 3.8) is 0 Å². The van der Waals surface area contributed by atoms with Gasteiger partial charge in [0.25, 0.3) is 0 Å². The molecular weight excluding hydrogens is 276 g/mol. The summed E-state index contributed by atoms with van der Waals surface area (Å²) >= 11 is 0. The molecule has 4 heteroatoms. The SMILES string of the molecule is Cc1ccc2c(CC(=O)NCc3ccccn3)coc2c1C. The van der Waals surface area contributed by atoms with Crippen LogP contribution in [0.4, 0.5) is 0 Å². The van der Waals surface area contributed by atoms with Crippen LogP contribution in [-0.2, 0) is 17.8 Å². The van der Waals surface area contributed by atoms with E-state index in [0.717, 1.165) is 27.8 Å². The first-order chi connectivity index (χ1) is 10.6. The number of furan rings is 1. The predicted octanol–water partition coefficient (Wildman–Crippen LogP) is 3.30. The molecule has 112 valence electrons. The van der Waals surface area contributed by atoms with Gasteiger partial charge in [-0.25, -0.2) is 0 Å². The average Bonchev–Trinajstić information content (AvgIpc) is 2.93. The van der Waals surface area contributed by atoms with Gasteiger partial charge in [0.2, 0.25) is 5.91 Å². The minimum atomic E-state index is -0.0356. The van der Waals surface area contributed by atoms with Crippen LogP contribution in [0.3, 0.4) is 0 Å². The monoisotopic (exact) mass is 294 g/mol. The third-order valence-electron chi connectivity index (χ3n) is 3.89. The maximum Gasteiger partial charge on any atom is 0.224 e. The largest absolute Gasteiger partial charge is 0.464 e. The Balaban J connectivity index is 1.71. The van der Waals surface area contributed by atoms with E-state index >= 15 is 0 Å². The van der Waals surface area contributed by atoms with Crippen LogP contribution in [-0.4, -0.2) is 10.9 Å². The molecule has 2 aromatic heterocycles. The van der Waals surface area contributed by atoms with Gasteiger partial charge in [0.05, 0.1) is 24.9 Å². The minimum absolute atomic E-state index is 0.0356. The molecule has 0 saturated heterocycles. The lowest BCUT2D eigenvalue weighted by Crippen LogP contribution is -2.24. The van der Waals surface area contributed by atoms with E-state index in [4.69, 9.17) is 4.42 Å². The van der Waals surface area contributed by atoms with Crippen molar-refractivity contribution in [3.8, 4) is 0 Å². The molecule has 1 N–H and O–H groups in total. The Morgan fingerprint density at radius 3 is 2.86 bits per heavy atom. The molecule has 0 spiro atoms. The highest BCUT2D eigenvalue weighted by Crippen LogP contribution is 2.26. The molecule has 0 atom stereocenters. The zero-order valence-corrected chi connectivity index (χ0v) is 12.7. The zero-order valence-electron chi connectivity index (χ0n) is 12.7. The first-order valence-corrected chi connectivity index (χ1v) is 7.28. The van der Waals surface area contributed by atoms with Crippen LogP contribution in [0.25, 0.3) is 11.0 Å². The van der Waals surface area contributed by atoms with Gasteiger partial charge in [-0.15, -0.1) is 0 Å². The molecule has 0 bridgehead atoms. The summed E-state index contributed by atoms with van der Waals surface area (Å²) in [5, 5.41) is 3.90. The van der Waals surface area contributed by atoms with Crippen molar-refractivity contribution in [2.24, 2.45) is 0 Å². The Morgan fingerprint density at radius 2 is 2.09 bits per heavy atom. The van der Waals surface area contributed by atoms with E-state index in [2.05, 4.69) is 23.3 Å². The summed E-state index contributed by atoms with van der Waals surface area (Å²) in [6.07, 6.45) is 3.70. The van der Waals surface area contributed by atoms with Gasteiger partial charge in [0.15, 0.2) is 0 Å². The topological polar surface area (TPSA) is 55.1 Å². The van der Waals surface area contributed by atoms with Crippen molar-refractivity contribution in [3.05, 3.63) is 65.2 Å². The first-order valence-electron chi connectivity index (χ1n) is 7.28. The van der Waals surface area contributed by atoms with Gasteiger partial charge in [-0.3, -0.25) is 9.78 Å². The number of rotatable bonds is 4. The first kappa shape index (κ1) is 14.3. The molecule has 3 aromatic rings. The maximum atomic E-state index is 12.1. The normalized spacial score (nSPS) is 10.8. The Labute approximate surface area is 129 Å². The highest BCUT2D eigenvalue weighted by Gasteiger charge is 2.12. The van der Waals surface area contributed by atoms with Crippen LogP contribution >= 0.6 is 0 Å². The van der Waals surface area contributed by atoms with E-state index in [1.807, 2.05) is 31.2 Å². The molecule has 0 aliphatic rings. The van der Waals surface area contributed by atoms with E-state index in [1.165, 1.54) is 5.56 Å². The molecule has 0 saturated carbocycles. The summed E-state index contributed by atoms with van der Waals surface area (Å²) < 4.78 is 5.63. The summed E-state index contributed by atoms with van der Waals surface area (Å²) in [7, 11) is 0. The van der Waals surface area contributed by atoms with Gasteiger partial charge in [-0.2, -0.15) is 0 Å². The number of benzene rings is 1. The minimum Gasteiger partial charge on any atom is -0.464 e. The molecule has 0 aliphatic heterocycles. The Bertz CT molecular complexity index is 807. The Kier molecular flexibility index (Phi) is 3.92. The third-order valence-corrected chi connectivity index (χ3v) is 3.89. The predicted molar refractivity (Wildman–Crippen MR) is 85.5 cm³/mol. The molecule has 1 amide bonds. The summed E-state index contributed by atoms with van der Waals surface area (Å²) in [5.74, 6) is -0.0356. The molecule has 1 aromatic carbocycles. The second-order valence-corrected chi connectivity index (χ2v) is 5.42. The van der Waals surface area contributed by atoms with Gasteiger partial charge in [-0.05, 0) is 37.1 Å². The van der Waals surface area contributed by atoms with Crippen LogP contribution < -0.4 is 5.32 Å². The highest BCUT2D eigenvalue weighted by atomic mass is 16.3. The van der Waals surface area contributed by atoms with Crippen molar-refractivity contribution in [2.75, 3.05) is 0 Å². The number of nitrogens with zero attached hydrogens (tertiary/aromatic N) is 1. The molecule has 2 heterocycles. The van der Waals surface area contributed by atoms with Gasteiger partial charge in [-0.1, -0.05) is 18.2 Å². The van der Waals surface area contributed by atoms with E-state index < -0.39 is 0 Å². The van der Waals surface area contributed by atoms with Crippen molar-refractivity contribution < 1.29 is 9.21 Å². The smallest absolute Gasteiger partial charge is 0.224 e. The van der Waals surface area contributed by atoms with E-state index in [-0.39, 0.29) is 5.91 Å². The molecule has 22 heavy (non-hydrogen) atoms. The number of hydrogen-bond acceptors (Lipinski definition) is 3. The zero-order chi connectivity index (χ0) is 15.5. The van der Waals surface area contributed by atoms with Gasteiger partial charge in [0, 0.05) is 17.1 Å². The van der Waals surface area contributed by atoms with E-state index in [0.29, 0.717) is 13.0 Å². The molecular formula is C18H18N2O2. The van der Waals surface area contributed by atoms with Crippen LogP contribution in [0.15, 0.2) is 47.2 Å². The lowest BCUT2D eigenvalue weighted by atomic mass is 10.0. The van der Waals surface area contributed by atoms with Crippen LogP contribution in [0, 0.1) is 13.8 Å². The lowest BCUT2D eigenvalue weighted by Gasteiger charge is -2.04. The van der Waals surface area contributed by atoms with Gasteiger partial charge in [0.1, 0.15) is 5.58 Å². The second kappa shape index (κ2) is 6.02. The highest BCUT2D eigenvalue weighted by molar-refractivity contribution is 5.89. The number of carbonyl (C=O) groups is 1. The second-order valence-electron chi connectivity index (χ2n) is 5.42. The van der Waals surface area contributed by atoms with Crippen LogP contribution in [0.2, 0.25) is 0 Å². The standard InChI is InChI=1S/C18H18N2O2/c1-12-6-7-16-14(11-22-18(16)13(12)2)9-17(21)20-10-15-5-3-4-8-19-15/h3-8,11H,9-10H2,1-2H3,(H,20,21). The number of amides is 1. The fourth-order valence-electron chi connectivity index (χ4n) is 2.45. The molecule has 0 unspecified atom stereocenters. The molecule has 4 nitrogen and oxygen atoms in total. The van der Waals surface area contributed by atoms with Crippen LogP contribution in [0.1, 0.15) is 22.4 Å². The number of aryl methyl sites for hydroxylation is 2. The van der Waals surface area contributed by atoms with Gasteiger partial charge >= 0.3 is 0 Å². The van der Waals surface area contributed by atoms with Gasteiger partial charge < -0.3 is 9.73 Å². The van der Waals surface area contributed by atoms with Crippen LogP contribution in [0.5, 0.6) is 0 Å². The Morgan fingerprint density at radius 1 is 1.23 bits per heavy atom. The molecule has 0 aliphatic carbocycles. The van der Waals surface area contributed by atoms with E-state index in [1.54, 1.807) is 12.5 Å². The number of aromatic nitrogens is 1. The Hall–Kier alpha value is -2.62. The maximum absolute atomic E-state index is 12.1. The quantitative estimate of drug-likeness (QED) is 0.803. The molecule has 0 radical (unpaired) electrons. The number of hydrogen-bond donors (Lipinski definition) is 1. The third kappa shape index (κ3) is 2.86. The summed E-state index contributed by atoms with van der Waals surface area (Å²) in [5.41, 5.74) is 4.94. The fraction of sp³-hybridized carbons (Fsp3) is 0.222. The summed E-state index contributed by atoms with van der Waals surface area (Å²) in [6, 6.07) is 9.72. The summed E-state index contributed by atoms with van der Waals surface area (Å²) in [4.78, 5) is 16.3. The van der Waals surface area contributed by atoms with E-state index in [9.17, 15) is 4.79 Å². The fourth-order valence-corrected chi connectivity index (χ4v) is 2.45. The van der Waals surface area contributed by atoms with Crippen molar-refractivity contribution >= 4 is 16.9 Å². The number of carbonyl (C=O) groups excluding carboxylic acids is 1.